The lowest BCUT2D eigenvalue weighted by atomic mass is 10.4. The predicted molar refractivity (Wildman–Crippen MR) is 63.5 cm³/mol. The maximum Gasteiger partial charge on any atom is 0.360 e. The third-order valence-corrected chi connectivity index (χ3v) is 3.17. The number of carbonyl (C=O) groups excluding carboxylic acids is 1. The van der Waals surface area contributed by atoms with Gasteiger partial charge in [-0.25, -0.2) is 14.5 Å². The molecule has 18 heavy (non-hydrogen) atoms. The molecule has 0 aromatic carbocycles. The first kappa shape index (κ1) is 10.9. The van der Waals surface area contributed by atoms with Crippen molar-refractivity contribution in [2.45, 2.75) is 6.54 Å². The summed E-state index contributed by atoms with van der Waals surface area (Å²) in [5.74, 6) is -0.493. The Morgan fingerprint density at radius 3 is 3.17 bits per heavy atom. The van der Waals surface area contributed by atoms with Crippen molar-refractivity contribution in [1.82, 2.24) is 24.4 Å². The molecule has 0 spiro atoms. The minimum absolute atomic E-state index is 0.193. The summed E-state index contributed by atoms with van der Waals surface area (Å²) in [6, 6.07) is 0. The molecule has 0 aliphatic carbocycles. The van der Waals surface area contributed by atoms with Crippen molar-refractivity contribution in [3.8, 4) is 0 Å². The Morgan fingerprint density at radius 1 is 1.50 bits per heavy atom. The number of hydrogen-bond acceptors (Lipinski definition) is 6. The highest BCUT2D eigenvalue weighted by Gasteiger charge is 2.11. The standard InChI is InChI=1S/C10H9N5O2S/c1-17-9(16)8-6-15(13-12-8)5-7-4-14-2-3-18-10(14)11-7/h2-4,6H,5H2,1H3. The summed E-state index contributed by atoms with van der Waals surface area (Å²) >= 11 is 1.56. The molecule has 0 aliphatic heterocycles. The zero-order valence-electron chi connectivity index (χ0n) is 9.48. The molecule has 7 nitrogen and oxygen atoms in total. The maximum absolute atomic E-state index is 11.2. The van der Waals surface area contributed by atoms with E-state index in [-0.39, 0.29) is 5.69 Å². The van der Waals surface area contributed by atoms with Gasteiger partial charge in [-0.15, -0.1) is 16.4 Å². The molecule has 3 aromatic heterocycles. The highest BCUT2D eigenvalue weighted by Crippen LogP contribution is 2.12. The first-order valence-corrected chi connectivity index (χ1v) is 6.04. The van der Waals surface area contributed by atoms with Crippen molar-refractivity contribution in [3.05, 3.63) is 35.4 Å². The fourth-order valence-corrected chi connectivity index (χ4v) is 2.31. The molecule has 0 amide bonds. The van der Waals surface area contributed by atoms with Gasteiger partial charge in [-0.1, -0.05) is 5.21 Å². The molecule has 0 unspecified atom stereocenters. The molecule has 0 atom stereocenters. The van der Waals surface area contributed by atoms with Crippen LogP contribution in [0.5, 0.6) is 0 Å². The van der Waals surface area contributed by atoms with E-state index in [1.165, 1.54) is 7.11 Å². The summed E-state index contributed by atoms with van der Waals surface area (Å²) in [7, 11) is 1.31. The van der Waals surface area contributed by atoms with E-state index in [1.54, 1.807) is 22.2 Å². The van der Waals surface area contributed by atoms with E-state index in [0.29, 0.717) is 6.54 Å². The van der Waals surface area contributed by atoms with E-state index >= 15 is 0 Å². The number of ether oxygens (including phenoxy) is 1. The Hall–Kier alpha value is -2.22. The number of thiazole rings is 1. The van der Waals surface area contributed by atoms with Crippen LogP contribution in [0.1, 0.15) is 16.2 Å². The number of aromatic nitrogens is 5. The number of carbonyl (C=O) groups is 1. The molecule has 0 bridgehead atoms. The summed E-state index contributed by atoms with van der Waals surface area (Å²) < 4.78 is 8.06. The molecule has 0 saturated carbocycles. The average molecular weight is 263 g/mol. The number of esters is 1. The molecule has 3 aromatic rings. The van der Waals surface area contributed by atoms with Gasteiger partial charge in [0.25, 0.3) is 0 Å². The predicted octanol–water partition coefficient (Wildman–Crippen LogP) is 0.822. The number of methoxy groups -OCH3 is 1. The summed E-state index contributed by atoms with van der Waals surface area (Å²) in [4.78, 5) is 16.6. The van der Waals surface area contributed by atoms with Gasteiger partial charge in [0.05, 0.1) is 25.5 Å². The summed E-state index contributed by atoms with van der Waals surface area (Å²) in [6.07, 6.45) is 5.41. The van der Waals surface area contributed by atoms with Crippen molar-refractivity contribution in [1.29, 1.82) is 0 Å². The molecule has 0 saturated heterocycles. The SMILES string of the molecule is COC(=O)c1cn(Cc2cn3ccsc3n2)nn1. The molecular formula is C10H9N5O2S. The topological polar surface area (TPSA) is 74.3 Å². The largest absolute Gasteiger partial charge is 0.464 e. The molecule has 0 radical (unpaired) electrons. The lowest BCUT2D eigenvalue weighted by molar-refractivity contribution is 0.0594. The highest BCUT2D eigenvalue weighted by molar-refractivity contribution is 7.15. The zero-order valence-corrected chi connectivity index (χ0v) is 10.3. The first-order valence-electron chi connectivity index (χ1n) is 5.16. The number of rotatable bonds is 3. The fraction of sp³-hybridized carbons (Fsp3) is 0.200. The number of hydrogen-bond donors (Lipinski definition) is 0. The van der Waals surface area contributed by atoms with Crippen molar-refractivity contribution < 1.29 is 9.53 Å². The van der Waals surface area contributed by atoms with Crippen LogP contribution in [0.3, 0.4) is 0 Å². The van der Waals surface area contributed by atoms with Gasteiger partial charge in [0.15, 0.2) is 10.7 Å². The lowest BCUT2D eigenvalue weighted by Gasteiger charge is -1.94. The highest BCUT2D eigenvalue weighted by atomic mass is 32.1. The normalized spacial score (nSPS) is 10.9. The third kappa shape index (κ3) is 1.86. The Labute approximate surface area is 106 Å². The second-order valence-electron chi connectivity index (χ2n) is 3.62. The Morgan fingerprint density at radius 2 is 2.39 bits per heavy atom. The van der Waals surface area contributed by atoms with Crippen LogP contribution in [0.15, 0.2) is 24.0 Å². The van der Waals surface area contributed by atoms with Crippen LogP contribution in [-0.2, 0) is 11.3 Å². The molecule has 0 fully saturated rings. The Balaban J connectivity index is 1.82. The summed E-state index contributed by atoms with van der Waals surface area (Å²) in [5.41, 5.74) is 1.06. The number of nitrogens with zero attached hydrogens (tertiary/aromatic N) is 5. The van der Waals surface area contributed by atoms with Crippen LogP contribution in [0.2, 0.25) is 0 Å². The maximum atomic E-state index is 11.2. The van der Waals surface area contributed by atoms with Gasteiger partial charge in [0, 0.05) is 17.8 Å². The number of fused-ring (bicyclic) bond motifs is 1. The molecule has 0 aliphatic rings. The minimum Gasteiger partial charge on any atom is -0.464 e. The van der Waals surface area contributed by atoms with Gasteiger partial charge < -0.3 is 4.74 Å². The van der Waals surface area contributed by atoms with Gasteiger partial charge in [-0.3, -0.25) is 4.40 Å². The lowest BCUT2D eigenvalue weighted by Crippen LogP contribution is -2.02. The van der Waals surface area contributed by atoms with E-state index in [4.69, 9.17) is 0 Å². The van der Waals surface area contributed by atoms with Gasteiger partial charge in [0.1, 0.15) is 0 Å². The van der Waals surface area contributed by atoms with Gasteiger partial charge >= 0.3 is 5.97 Å². The van der Waals surface area contributed by atoms with E-state index < -0.39 is 5.97 Å². The third-order valence-electron chi connectivity index (χ3n) is 2.40. The monoisotopic (exact) mass is 263 g/mol. The molecule has 92 valence electrons. The Kier molecular flexibility index (Phi) is 2.56. The van der Waals surface area contributed by atoms with Crippen molar-refractivity contribution >= 4 is 22.3 Å². The van der Waals surface area contributed by atoms with Crippen LogP contribution in [0, 0.1) is 0 Å². The summed E-state index contributed by atoms with van der Waals surface area (Å²) in [6.45, 7) is 0.471. The molecule has 3 heterocycles. The van der Waals surface area contributed by atoms with Gasteiger partial charge in [-0.05, 0) is 0 Å². The fourth-order valence-electron chi connectivity index (χ4n) is 1.59. The first-order chi connectivity index (χ1) is 8.76. The van der Waals surface area contributed by atoms with E-state index in [0.717, 1.165) is 10.7 Å². The van der Waals surface area contributed by atoms with Gasteiger partial charge in [0.2, 0.25) is 0 Å². The van der Waals surface area contributed by atoms with Crippen molar-refractivity contribution in [3.63, 3.8) is 0 Å². The van der Waals surface area contributed by atoms with Crippen LogP contribution < -0.4 is 0 Å². The molecule has 8 heteroatoms. The second kappa shape index (κ2) is 4.22. The van der Waals surface area contributed by atoms with E-state index in [2.05, 4.69) is 20.0 Å². The Bertz CT molecular complexity index is 669. The smallest absolute Gasteiger partial charge is 0.360 e. The number of imidazole rings is 1. The van der Waals surface area contributed by atoms with Gasteiger partial charge in [-0.2, -0.15) is 0 Å². The molecule has 3 rings (SSSR count). The minimum atomic E-state index is -0.493. The average Bonchev–Trinajstić information content (AvgIpc) is 3.03. The van der Waals surface area contributed by atoms with E-state index in [1.807, 2.05) is 22.2 Å². The van der Waals surface area contributed by atoms with Crippen molar-refractivity contribution in [2.24, 2.45) is 0 Å². The summed E-state index contributed by atoms with van der Waals surface area (Å²) in [5, 5.41) is 9.56. The van der Waals surface area contributed by atoms with E-state index in [9.17, 15) is 4.79 Å². The van der Waals surface area contributed by atoms with Crippen molar-refractivity contribution in [2.75, 3.05) is 7.11 Å². The molecule has 0 N–H and O–H groups in total. The van der Waals surface area contributed by atoms with Crippen LogP contribution >= 0.6 is 11.3 Å². The van der Waals surface area contributed by atoms with Crippen LogP contribution in [-0.4, -0.2) is 37.5 Å². The zero-order chi connectivity index (χ0) is 12.5. The van der Waals surface area contributed by atoms with Crippen LogP contribution in [0.4, 0.5) is 0 Å². The second-order valence-corrected chi connectivity index (χ2v) is 4.49. The molecular weight excluding hydrogens is 254 g/mol. The van der Waals surface area contributed by atoms with Crippen LogP contribution in [0.25, 0.3) is 4.96 Å². The quantitative estimate of drug-likeness (QED) is 0.654.